The zero-order valence-corrected chi connectivity index (χ0v) is 7.63. The molecule has 1 amide bonds. The number of carbonyl (C=O) groups is 1. The highest BCUT2D eigenvalue weighted by Gasteiger charge is 2.26. The van der Waals surface area contributed by atoms with E-state index >= 15 is 0 Å². The molecule has 13 heavy (non-hydrogen) atoms. The van der Waals surface area contributed by atoms with Crippen LogP contribution in [0.2, 0.25) is 0 Å². The third kappa shape index (κ3) is 2.66. The number of rotatable bonds is 3. The van der Waals surface area contributed by atoms with Crippen molar-refractivity contribution in [2.75, 3.05) is 19.6 Å². The highest BCUT2D eigenvalue weighted by atomic mass is 19.1. The van der Waals surface area contributed by atoms with Gasteiger partial charge in [-0.15, -0.1) is 0 Å². The fraction of sp³-hybridized carbons (Fsp3) is 0.889. The number of hydrogen-bond donors (Lipinski definition) is 1. The minimum Gasteiger partial charge on any atom is -0.352 e. The summed E-state index contributed by atoms with van der Waals surface area (Å²) in [6.45, 7) is 1.52. The molecule has 1 aliphatic carbocycles. The number of nitrogens with zero attached hydrogens (tertiary/aromatic N) is 1. The van der Waals surface area contributed by atoms with Crippen LogP contribution in [0, 0.1) is 0 Å². The highest BCUT2D eigenvalue weighted by Crippen LogP contribution is 2.18. The molecule has 2 fully saturated rings. The molecular weight excluding hydrogens is 171 g/mol. The van der Waals surface area contributed by atoms with Crippen LogP contribution in [0.15, 0.2) is 0 Å². The van der Waals surface area contributed by atoms with E-state index < -0.39 is 6.17 Å². The molecule has 4 heteroatoms. The maximum Gasteiger partial charge on any atom is 0.234 e. The van der Waals surface area contributed by atoms with Crippen molar-refractivity contribution in [2.24, 2.45) is 0 Å². The summed E-state index contributed by atoms with van der Waals surface area (Å²) in [7, 11) is 0. The van der Waals surface area contributed by atoms with Crippen LogP contribution in [0.25, 0.3) is 0 Å². The van der Waals surface area contributed by atoms with E-state index in [-0.39, 0.29) is 5.91 Å². The van der Waals surface area contributed by atoms with Crippen molar-refractivity contribution in [2.45, 2.75) is 31.5 Å². The summed E-state index contributed by atoms with van der Waals surface area (Å²) in [6, 6.07) is 0.413. The molecule has 0 aromatic carbocycles. The first-order valence-electron chi connectivity index (χ1n) is 4.90. The number of hydrogen-bond acceptors (Lipinski definition) is 2. The Balaban J connectivity index is 1.67. The van der Waals surface area contributed by atoms with Gasteiger partial charge in [0.15, 0.2) is 0 Å². The second-order valence-corrected chi connectivity index (χ2v) is 3.96. The zero-order valence-electron chi connectivity index (χ0n) is 7.63. The standard InChI is InChI=1S/C9H15FN2O/c10-7-3-4-12(5-7)6-9(13)11-8-1-2-8/h7-8H,1-6H2,(H,11,13). The van der Waals surface area contributed by atoms with Gasteiger partial charge in [-0.3, -0.25) is 9.69 Å². The molecule has 3 nitrogen and oxygen atoms in total. The Morgan fingerprint density at radius 2 is 2.23 bits per heavy atom. The van der Waals surface area contributed by atoms with Gasteiger partial charge in [-0.2, -0.15) is 0 Å². The smallest absolute Gasteiger partial charge is 0.234 e. The van der Waals surface area contributed by atoms with E-state index in [2.05, 4.69) is 5.32 Å². The summed E-state index contributed by atoms with van der Waals surface area (Å²) < 4.78 is 12.7. The van der Waals surface area contributed by atoms with Crippen molar-refractivity contribution in [3.63, 3.8) is 0 Å². The van der Waals surface area contributed by atoms with E-state index in [9.17, 15) is 9.18 Å². The first-order valence-corrected chi connectivity index (χ1v) is 4.90. The number of nitrogens with one attached hydrogen (secondary N) is 1. The maximum absolute atomic E-state index is 12.7. The molecule has 0 bridgehead atoms. The van der Waals surface area contributed by atoms with Crippen molar-refractivity contribution in [3.8, 4) is 0 Å². The number of likely N-dealkylation sites (tertiary alicyclic amines) is 1. The second-order valence-electron chi connectivity index (χ2n) is 3.96. The molecule has 0 radical (unpaired) electrons. The Morgan fingerprint density at radius 1 is 1.46 bits per heavy atom. The van der Waals surface area contributed by atoms with Crippen LogP contribution < -0.4 is 5.32 Å². The quantitative estimate of drug-likeness (QED) is 0.688. The number of halogens is 1. The van der Waals surface area contributed by atoms with E-state index in [0.717, 1.165) is 19.4 Å². The molecule has 0 aromatic rings. The average molecular weight is 186 g/mol. The Hall–Kier alpha value is -0.640. The molecule has 0 aromatic heterocycles. The second kappa shape index (κ2) is 3.62. The van der Waals surface area contributed by atoms with Crippen LogP contribution in [0.1, 0.15) is 19.3 Å². The molecule has 1 unspecified atom stereocenters. The van der Waals surface area contributed by atoms with Crippen LogP contribution in [-0.4, -0.2) is 42.7 Å². The first kappa shape index (κ1) is 8.94. The molecule has 2 rings (SSSR count). The van der Waals surface area contributed by atoms with Crippen LogP contribution in [0.3, 0.4) is 0 Å². The summed E-state index contributed by atoms with van der Waals surface area (Å²) in [5.74, 6) is 0.0524. The third-order valence-electron chi connectivity index (χ3n) is 2.52. The summed E-state index contributed by atoms with van der Waals surface area (Å²) >= 11 is 0. The largest absolute Gasteiger partial charge is 0.352 e. The van der Waals surface area contributed by atoms with Gasteiger partial charge in [0, 0.05) is 19.1 Å². The molecule has 1 saturated carbocycles. The van der Waals surface area contributed by atoms with Crippen LogP contribution >= 0.6 is 0 Å². The Kier molecular flexibility index (Phi) is 2.49. The molecule has 2 aliphatic rings. The predicted octanol–water partition coefficient (Wildman–Crippen LogP) is 0.309. The van der Waals surface area contributed by atoms with Gasteiger partial charge in [-0.25, -0.2) is 4.39 Å². The topological polar surface area (TPSA) is 32.3 Å². The van der Waals surface area contributed by atoms with E-state index in [1.165, 1.54) is 0 Å². The molecule has 0 spiro atoms. The summed E-state index contributed by atoms with van der Waals surface area (Å²) in [5.41, 5.74) is 0. The normalized spacial score (nSPS) is 29.2. The number of carbonyl (C=O) groups excluding carboxylic acids is 1. The lowest BCUT2D eigenvalue weighted by molar-refractivity contribution is -0.122. The van der Waals surface area contributed by atoms with E-state index in [4.69, 9.17) is 0 Å². The SMILES string of the molecule is O=C(CN1CCC(F)C1)NC1CC1. The predicted molar refractivity (Wildman–Crippen MR) is 47.1 cm³/mol. The zero-order chi connectivity index (χ0) is 9.26. The van der Waals surface area contributed by atoms with Crippen molar-refractivity contribution in [3.05, 3.63) is 0 Å². The molecule has 1 aliphatic heterocycles. The molecule has 1 N–H and O–H groups in total. The van der Waals surface area contributed by atoms with Crippen molar-refractivity contribution >= 4 is 5.91 Å². The average Bonchev–Trinajstić information content (AvgIpc) is 2.76. The van der Waals surface area contributed by atoms with E-state index in [1.54, 1.807) is 0 Å². The molecular formula is C9H15FN2O. The summed E-state index contributed by atoms with van der Waals surface area (Å²) in [4.78, 5) is 13.2. The van der Waals surface area contributed by atoms with Gasteiger partial charge in [-0.1, -0.05) is 0 Å². The van der Waals surface area contributed by atoms with Gasteiger partial charge >= 0.3 is 0 Å². The van der Waals surface area contributed by atoms with Crippen molar-refractivity contribution < 1.29 is 9.18 Å². The lowest BCUT2D eigenvalue weighted by Crippen LogP contribution is -2.37. The summed E-state index contributed by atoms with van der Waals surface area (Å²) in [6.07, 6.45) is 2.07. The fourth-order valence-corrected chi connectivity index (χ4v) is 1.63. The molecule has 1 heterocycles. The monoisotopic (exact) mass is 186 g/mol. The molecule has 1 atom stereocenters. The van der Waals surface area contributed by atoms with Gasteiger partial charge in [0.1, 0.15) is 6.17 Å². The van der Waals surface area contributed by atoms with Crippen LogP contribution in [0.5, 0.6) is 0 Å². The van der Waals surface area contributed by atoms with Crippen LogP contribution in [-0.2, 0) is 4.79 Å². The van der Waals surface area contributed by atoms with E-state index in [0.29, 0.717) is 25.6 Å². The lowest BCUT2D eigenvalue weighted by atomic mass is 10.3. The van der Waals surface area contributed by atoms with Gasteiger partial charge in [0.05, 0.1) is 6.54 Å². The third-order valence-corrected chi connectivity index (χ3v) is 2.52. The van der Waals surface area contributed by atoms with Crippen molar-refractivity contribution in [1.82, 2.24) is 10.2 Å². The Morgan fingerprint density at radius 3 is 2.77 bits per heavy atom. The minimum absolute atomic E-state index is 0.0524. The van der Waals surface area contributed by atoms with Crippen LogP contribution in [0.4, 0.5) is 4.39 Å². The van der Waals surface area contributed by atoms with Crippen molar-refractivity contribution in [1.29, 1.82) is 0 Å². The van der Waals surface area contributed by atoms with Gasteiger partial charge < -0.3 is 5.32 Å². The lowest BCUT2D eigenvalue weighted by Gasteiger charge is -2.13. The maximum atomic E-state index is 12.7. The first-order chi connectivity index (χ1) is 6.24. The van der Waals surface area contributed by atoms with Gasteiger partial charge in [0.25, 0.3) is 0 Å². The number of amides is 1. The van der Waals surface area contributed by atoms with Gasteiger partial charge in [0.2, 0.25) is 5.91 Å². The number of alkyl halides is 1. The van der Waals surface area contributed by atoms with E-state index in [1.807, 2.05) is 4.90 Å². The minimum atomic E-state index is -0.728. The van der Waals surface area contributed by atoms with Gasteiger partial charge in [-0.05, 0) is 19.3 Å². The fourth-order valence-electron chi connectivity index (χ4n) is 1.63. The molecule has 74 valence electrons. The Bertz CT molecular complexity index is 206. The molecule has 1 saturated heterocycles. The Labute approximate surface area is 77.3 Å². The summed E-state index contributed by atoms with van der Waals surface area (Å²) in [5, 5.41) is 2.89. The highest BCUT2D eigenvalue weighted by molar-refractivity contribution is 5.78.